The molecule has 130 valence electrons. The molecule has 0 spiro atoms. The molecule has 0 aliphatic carbocycles. The van der Waals surface area contributed by atoms with Crippen molar-refractivity contribution >= 4 is 40.5 Å². The Balaban J connectivity index is 1.66. The molecule has 0 radical (unpaired) electrons. The molecule has 2 amide bonds. The third-order valence-corrected chi connectivity index (χ3v) is 4.56. The fourth-order valence-corrected chi connectivity index (χ4v) is 3.00. The third kappa shape index (κ3) is 3.77. The second-order valence-corrected chi connectivity index (χ2v) is 6.67. The Morgan fingerprint density at radius 1 is 1.12 bits per heavy atom. The van der Waals surface area contributed by atoms with Gasteiger partial charge in [-0.3, -0.25) is 9.59 Å². The van der Waals surface area contributed by atoms with Crippen molar-refractivity contribution in [3.05, 3.63) is 53.6 Å². The van der Waals surface area contributed by atoms with Crippen LogP contribution in [0.25, 0.3) is 0 Å². The maximum atomic E-state index is 12.6. The van der Waals surface area contributed by atoms with Gasteiger partial charge in [0.05, 0.1) is 0 Å². The molecule has 0 bridgehead atoms. The van der Waals surface area contributed by atoms with Gasteiger partial charge in [-0.15, -0.1) is 0 Å². The van der Waals surface area contributed by atoms with Gasteiger partial charge in [0.25, 0.3) is 0 Å². The first kappa shape index (κ1) is 17.3. The lowest BCUT2D eigenvalue weighted by atomic mass is 10.1. The van der Waals surface area contributed by atoms with Gasteiger partial charge in [-0.05, 0) is 55.0 Å². The zero-order valence-corrected chi connectivity index (χ0v) is 15.0. The molecule has 1 aliphatic rings. The van der Waals surface area contributed by atoms with Crippen LogP contribution in [0.1, 0.15) is 6.42 Å². The summed E-state index contributed by atoms with van der Waals surface area (Å²) in [6, 6.07) is 14.6. The number of nitrogens with zero attached hydrogens (tertiary/aromatic N) is 2. The van der Waals surface area contributed by atoms with Crippen molar-refractivity contribution in [2.75, 3.05) is 35.8 Å². The molecule has 1 N–H and O–H groups in total. The number of halogens is 1. The molecule has 0 aromatic heterocycles. The summed E-state index contributed by atoms with van der Waals surface area (Å²) in [5.41, 5.74) is 2.50. The van der Waals surface area contributed by atoms with Gasteiger partial charge in [0.1, 0.15) is 5.92 Å². The van der Waals surface area contributed by atoms with Crippen LogP contribution in [-0.2, 0) is 9.59 Å². The van der Waals surface area contributed by atoms with Crippen LogP contribution in [0, 0.1) is 5.92 Å². The molecular weight excluding hydrogens is 338 g/mol. The van der Waals surface area contributed by atoms with Crippen molar-refractivity contribution in [1.29, 1.82) is 0 Å². The van der Waals surface area contributed by atoms with E-state index in [2.05, 4.69) is 5.32 Å². The zero-order chi connectivity index (χ0) is 18.0. The van der Waals surface area contributed by atoms with Crippen molar-refractivity contribution in [3.8, 4) is 0 Å². The number of carbonyl (C=O) groups is 2. The second kappa shape index (κ2) is 7.15. The summed E-state index contributed by atoms with van der Waals surface area (Å²) in [5.74, 6) is -1.10. The largest absolute Gasteiger partial charge is 0.378 e. The van der Waals surface area contributed by atoms with Gasteiger partial charge >= 0.3 is 0 Å². The molecule has 1 aliphatic heterocycles. The molecule has 5 nitrogen and oxygen atoms in total. The number of rotatable bonds is 4. The SMILES string of the molecule is CN(C)c1ccc(NC(=O)C2CCN(c3ccc(Cl)cc3)C2=O)cc1. The Morgan fingerprint density at radius 2 is 1.76 bits per heavy atom. The standard InChI is InChI=1S/C19H20ClN3O2/c1-22(2)15-9-5-14(6-10-15)21-18(24)17-11-12-23(19(17)25)16-7-3-13(20)4-8-16/h3-10,17H,11-12H2,1-2H3,(H,21,24). The summed E-state index contributed by atoms with van der Waals surface area (Å²) in [6.07, 6.45) is 0.503. The highest BCUT2D eigenvalue weighted by atomic mass is 35.5. The first-order chi connectivity index (χ1) is 12.0. The molecule has 6 heteroatoms. The minimum atomic E-state index is -0.663. The molecule has 1 atom stereocenters. The summed E-state index contributed by atoms with van der Waals surface area (Å²) in [7, 11) is 3.91. The van der Waals surface area contributed by atoms with E-state index in [0.717, 1.165) is 11.4 Å². The monoisotopic (exact) mass is 357 g/mol. The Morgan fingerprint density at radius 3 is 2.36 bits per heavy atom. The lowest BCUT2D eigenvalue weighted by molar-refractivity contribution is -0.129. The lowest BCUT2D eigenvalue weighted by Gasteiger charge is -2.17. The molecule has 1 fully saturated rings. The number of amides is 2. The maximum absolute atomic E-state index is 12.6. The first-order valence-corrected chi connectivity index (χ1v) is 8.49. The van der Waals surface area contributed by atoms with Gasteiger partial charge in [0.2, 0.25) is 11.8 Å². The average molecular weight is 358 g/mol. The Labute approximate surface area is 152 Å². The molecule has 2 aromatic rings. The van der Waals surface area contributed by atoms with Gasteiger partial charge in [-0.25, -0.2) is 0 Å². The molecule has 1 unspecified atom stereocenters. The molecule has 0 saturated carbocycles. The van der Waals surface area contributed by atoms with Crippen molar-refractivity contribution < 1.29 is 9.59 Å². The fourth-order valence-electron chi connectivity index (χ4n) is 2.87. The van der Waals surface area contributed by atoms with E-state index < -0.39 is 5.92 Å². The minimum absolute atomic E-state index is 0.176. The number of anilines is 3. The molecule has 1 saturated heterocycles. The topological polar surface area (TPSA) is 52.7 Å². The van der Waals surface area contributed by atoms with Crippen molar-refractivity contribution in [2.24, 2.45) is 5.92 Å². The lowest BCUT2D eigenvalue weighted by Crippen LogP contribution is -2.33. The smallest absolute Gasteiger partial charge is 0.239 e. The maximum Gasteiger partial charge on any atom is 0.239 e. The summed E-state index contributed by atoms with van der Waals surface area (Å²) in [4.78, 5) is 28.7. The van der Waals surface area contributed by atoms with Crippen LogP contribution in [0.2, 0.25) is 5.02 Å². The predicted octanol–water partition coefficient (Wildman–Crippen LogP) is 3.40. The van der Waals surface area contributed by atoms with E-state index in [4.69, 9.17) is 11.6 Å². The number of nitrogens with one attached hydrogen (secondary N) is 1. The predicted molar refractivity (Wildman–Crippen MR) is 101 cm³/mol. The van der Waals surface area contributed by atoms with E-state index in [1.54, 1.807) is 29.2 Å². The molecular formula is C19H20ClN3O2. The number of hydrogen-bond acceptors (Lipinski definition) is 3. The van der Waals surface area contributed by atoms with Crippen LogP contribution < -0.4 is 15.1 Å². The minimum Gasteiger partial charge on any atom is -0.378 e. The van der Waals surface area contributed by atoms with Crippen LogP contribution in [0.4, 0.5) is 17.1 Å². The van der Waals surface area contributed by atoms with E-state index in [9.17, 15) is 9.59 Å². The van der Waals surface area contributed by atoms with E-state index in [1.165, 1.54) is 0 Å². The van der Waals surface area contributed by atoms with Crippen LogP contribution in [-0.4, -0.2) is 32.5 Å². The number of benzene rings is 2. The Bertz CT molecular complexity index is 772. The number of hydrogen-bond donors (Lipinski definition) is 1. The van der Waals surface area contributed by atoms with Crippen LogP contribution >= 0.6 is 11.6 Å². The number of carbonyl (C=O) groups excluding carboxylic acids is 2. The van der Waals surface area contributed by atoms with Crippen molar-refractivity contribution in [2.45, 2.75) is 6.42 Å². The summed E-state index contributed by atoms with van der Waals surface area (Å²) in [5, 5.41) is 3.45. The average Bonchev–Trinajstić information content (AvgIpc) is 2.98. The van der Waals surface area contributed by atoms with Crippen LogP contribution in [0.3, 0.4) is 0 Å². The summed E-state index contributed by atoms with van der Waals surface area (Å²) >= 11 is 5.88. The molecule has 1 heterocycles. The van der Waals surface area contributed by atoms with Crippen LogP contribution in [0.5, 0.6) is 0 Å². The molecule has 25 heavy (non-hydrogen) atoms. The van der Waals surface area contributed by atoms with Crippen LogP contribution in [0.15, 0.2) is 48.5 Å². The highest BCUT2D eigenvalue weighted by Gasteiger charge is 2.37. The van der Waals surface area contributed by atoms with Gasteiger partial charge < -0.3 is 15.1 Å². The first-order valence-electron chi connectivity index (χ1n) is 8.11. The van der Waals surface area contributed by atoms with Gasteiger partial charge in [0.15, 0.2) is 0 Å². The Hall–Kier alpha value is -2.53. The van der Waals surface area contributed by atoms with Crippen molar-refractivity contribution in [3.63, 3.8) is 0 Å². The second-order valence-electron chi connectivity index (χ2n) is 6.24. The van der Waals surface area contributed by atoms with Gasteiger partial charge in [0, 0.05) is 42.7 Å². The molecule has 3 rings (SSSR count). The third-order valence-electron chi connectivity index (χ3n) is 4.31. The fraction of sp³-hybridized carbons (Fsp3) is 0.263. The normalized spacial score (nSPS) is 16.8. The van der Waals surface area contributed by atoms with E-state index in [-0.39, 0.29) is 11.8 Å². The highest BCUT2D eigenvalue weighted by molar-refractivity contribution is 6.30. The van der Waals surface area contributed by atoms with E-state index in [1.807, 2.05) is 43.3 Å². The van der Waals surface area contributed by atoms with Gasteiger partial charge in [-0.1, -0.05) is 11.6 Å². The quantitative estimate of drug-likeness (QED) is 0.853. The highest BCUT2D eigenvalue weighted by Crippen LogP contribution is 2.27. The van der Waals surface area contributed by atoms with Crippen molar-refractivity contribution in [1.82, 2.24) is 0 Å². The van der Waals surface area contributed by atoms with Gasteiger partial charge in [-0.2, -0.15) is 0 Å². The summed E-state index contributed by atoms with van der Waals surface area (Å²) < 4.78 is 0. The van der Waals surface area contributed by atoms with E-state index >= 15 is 0 Å². The molecule has 2 aromatic carbocycles. The summed E-state index contributed by atoms with van der Waals surface area (Å²) in [6.45, 7) is 0.526. The Kier molecular flexibility index (Phi) is 4.95. The zero-order valence-electron chi connectivity index (χ0n) is 14.2. The van der Waals surface area contributed by atoms with E-state index in [0.29, 0.717) is 23.7 Å².